The Morgan fingerprint density at radius 2 is 1.75 bits per heavy atom. The van der Waals surface area contributed by atoms with E-state index < -0.39 is 22.0 Å². The van der Waals surface area contributed by atoms with E-state index in [-0.39, 0.29) is 5.48 Å². The number of halogens is 1. The van der Waals surface area contributed by atoms with Crippen LogP contribution >= 0.6 is 8.51 Å². The minimum absolute atomic E-state index is 0. The van der Waals surface area contributed by atoms with Crippen molar-refractivity contribution in [1.29, 1.82) is 0 Å². The van der Waals surface area contributed by atoms with Crippen LogP contribution in [0.4, 0.5) is 0 Å². The molecule has 4 heavy (non-hydrogen) atoms. The Morgan fingerprint density at radius 3 is 1.75 bits per heavy atom. The van der Waals surface area contributed by atoms with Crippen LogP contribution in [0.3, 0.4) is 0 Å². The van der Waals surface area contributed by atoms with Crippen molar-refractivity contribution in [2.75, 3.05) is 0 Å². The second-order valence-corrected chi connectivity index (χ2v) is 1.82. The van der Waals surface area contributed by atoms with E-state index in [1.165, 1.54) is 0 Å². The van der Waals surface area contributed by atoms with Gasteiger partial charge in [0.15, 0.2) is 0 Å². The molecule has 2 nitrogen and oxygen atoms in total. The van der Waals surface area contributed by atoms with Gasteiger partial charge in [0.2, 0.25) is 0 Å². The molecule has 0 unspecified atom stereocenters. The Morgan fingerprint density at radius 1 is 1.75 bits per heavy atom. The van der Waals surface area contributed by atoms with Crippen molar-refractivity contribution >= 4 is 30.6 Å². The molecule has 4 heteroatoms. The fraction of sp³-hybridized carbons (Fsp3) is 0. The van der Waals surface area contributed by atoms with Crippen LogP contribution in [-0.2, 0) is 2.81 Å². The molecule has 0 saturated heterocycles. The second kappa shape index (κ2) is 9.05. The van der Waals surface area contributed by atoms with Crippen LogP contribution in [-0.4, -0.2) is 27.5 Å². The molecule has 0 saturated carbocycles. The molecule has 26 valence electrons. The first-order valence-corrected chi connectivity index (χ1v) is 6.05. The molecular weight excluding hydrogens is 276 g/mol. The van der Waals surface area contributed by atoms with E-state index in [1.807, 2.05) is 0 Å². The third-order valence-electron chi connectivity index (χ3n) is 0. The summed E-state index contributed by atoms with van der Waals surface area (Å²) in [5.41, 5.74) is 0. The minimum atomic E-state index is -1.61. The van der Waals surface area contributed by atoms with Crippen LogP contribution in [0, 0.1) is 0 Å². The second-order valence-electron chi connectivity index (χ2n) is 0.0690. The predicted molar refractivity (Wildman–Crippen MR) is 15.9 cm³/mol. The summed E-state index contributed by atoms with van der Waals surface area (Å²) in [6.07, 6.45) is 0. The standard InChI is InChI=1S/Bi.ClH.H2O.O/h;1H;1H2;/q+1;;;/p-1. The summed E-state index contributed by atoms with van der Waals surface area (Å²) >= 11 is -1.61. The summed E-state index contributed by atoms with van der Waals surface area (Å²) in [4.78, 5) is 0. The quantitative estimate of drug-likeness (QED) is 0.544. The third kappa shape index (κ3) is 12.6. The van der Waals surface area contributed by atoms with Gasteiger partial charge in [-0.3, -0.25) is 0 Å². The number of rotatable bonds is 0. The zero-order valence-electron chi connectivity index (χ0n) is 1.73. The molecule has 0 rings (SSSR count). The Bertz CT molecular complexity index is 13.5. The average Bonchev–Trinajstić information content (AvgIpc) is 0.918. The van der Waals surface area contributed by atoms with Crippen molar-refractivity contribution in [3.05, 3.63) is 0 Å². The van der Waals surface area contributed by atoms with Gasteiger partial charge in [0.1, 0.15) is 0 Å². The molecule has 0 aliphatic rings. The van der Waals surface area contributed by atoms with E-state index in [4.69, 9.17) is 2.81 Å². The maximum atomic E-state index is 8.88. The topological polar surface area (TPSA) is 48.6 Å². The molecule has 0 heterocycles. The van der Waals surface area contributed by atoms with Crippen molar-refractivity contribution in [1.82, 2.24) is 0 Å². The van der Waals surface area contributed by atoms with Crippen LogP contribution < -0.4 is 0 Å². The van der Waals surface area contributed by atoms with E-state index in [0.717, 1.165) is 0 Å². The SMILES string of the molecule is O.[O]=[Bi][Cl]. The number of hydrogen-bond donors (Lipinski definition) is 0. The van der Waals surface area contributed by atoms with Gasteiger partial charge in [-0.25, -0.2) is 0 Å². The first-order valence-electron chi connectivity index (χ1n) is 0.352. The maximum absolute atomic E-state index is 8.88. The molecular formula is H2BiClO2. The fourth-order valence-corrected chi connectivity index (χ4v) is 0. The van der Waals surface area contributed by atoms with Gasteiger partial charge in [-0.2, -0.15) is 0 Å². The summed E-state index contributed by atoms with van der Waals surface area (Å²) in [7, 11) is 4.62. The van der Waals surface area contributed by atoms with E-state index >= 15 is 0 Å². The molecule has 0 aliphatic carbocycles. The van der Waals surface area contributed by atoms with Crippen LogP contribution in [0.1, 0.15) is 0 Å². The Hall–Kier alpha value is 0.933. The van der Waals surface area contributed by atoms with Crippen molar-refractivity contribution in [3.63, 3.8) is 0 Å². The summed E-state index contributed by atoms with van der Waals surface area (Å²) < 4.78 is 8.88. The summed E-state index contributed by atoms with van der Waals surface area (Å²) in [6, 6.07) is 0. The van der Waals surface area contributed by atoms with Crippen molar-refractivity contribution in [3.8, 4) is 0 Å². The zero-order valence-corrected chi connectivity index (χ0v) is 5.97. The summed E-state index contributed by atoms with van der Waals surface area (Å²) in [5.74, 6) is 0. The van der Waals surface area contributed by atoms with E-state index in [1.54, 1.807) is 0 Å². The number of hydrogen-bond acceptors (Lipinski definition) is 1. The fourth-order valence-electron chi connectivity index (χ4n) is 0. The molecule has 0 bridgehead atoms. The van der Waals surface area contributed by atoms with E-state index in [9.17, 15) is 0 Å². The van der Waals surface area contributed by atoms with Gasteiger partial charge in [-0.15, -0.1) is 0 Å². The zero-order chi connectivity index (χ0) is 2.71. The molecule has 0 fully saturated rings. The molecule has 2 N–H and O–H groups in total. The Kier molecular flexibility index (Phi) is 20.1. The summed E-state index contributed by atoms with van der Waals surface area (Å²) in [5, 5.41) is 0. The van der Waals surface area contributed by atoms with Crippen molar-refractivity contribution in [2.24, 2.45) is 0 Å². The molecule has 0 aromatic rings. The van der Waals surface area contributed by atoms with Gasteiger partial charge in [-0.1, -0.05) is 0 Å². The van der Waals surface area contributed by atoms with Gasteiger partial charge >= 0.3 is 33.4 Å². The summed E-state index contributed by atoms with van der Waals surface area (Å²) in [6.45, 7) is 0. The molecule has 0 aliphatic heterocycles. The van der Waals surface area contributed by atoms with Gasteiger partial charge in [0.05, 0.1) is 0 Å². The molecule has 0 atom stereocenters. The average molecular weight is 278 g/mol. The van der Waals surface area contributed by atoms with Gasteiger partial charge in [0, 0.05) is 0 Å². The first kappa shape index (κ1) is 8.87. The van der Waals surface area contributed by atoms with Gasteiger partial charge in [-0.05, 0) is 0 Å². The Balaban J connectivity index is 0. The van der Waals surface area contributed by atoms with Crippen molar-refractivity contribution in [2.45, 2.75) is 0 Å². The van der Waals surface area contributed by atoms with Crippen LogP contribution in [0.2, 0.25) is 0 Å². The molecule has 0 aromatic carbocycles. The van der Waals surface area contributed by atoms with E-state index in [2.05, 4.69) is 8.51 Å². The monoisotopic (exact) mass is 278 g/mol. The van der Waals surface area contributed by atoms with Crippen LogP contribution in [0.15, 0.2) is 0 Å². The first-order chi connectivity index (χ1) is 1.41. The van der Waals surface area contributed by atoms with Crippen LogP contribution in [0.5, 0.6) is 0 Å². The predicted octanol–water partition coefficient (Wildman–Crippen LogP) is -0.635. The molecule has 0 spiro atoms. The normalized spacial score (nSPS) is 3.25. The van der Waals surface area contributed by atoms with Crippen LogP contribution in [0.25, 0.3) is 0 Å². The molecule has 0 amide bonds. The molecule has 0 radical (unpaired) electrons. The van der Waals surface area contributed by atoms with Gasteiger partial charge < -0.3 is 5.48 Å². The Labute approximate surface area is 39.0 Å². The van der Waals surface area contributed by atoms with Crippen molar-refractivity contribution < 1.29 is 8.29 Å². The molecule has 0 aromatic heterocycles. The van der Waals surface area contributed by atoms with E-state index in [0.29, 0.717) is 0 Å². The third-order valence-corrected chi connectivity index (χ3v) is 0. The van der Waals surface area contributed by atoms with Gasteiger partial charge in [0.25, 0.3) is 0 Å².